The van der Waals surface area contributed by atoms with Crippen molar-refractivity contribution < 1.29 is 60.7 Å². The molecular formula is C52H69BBrKN8O4. The van der Waals surface area contributed by atoms with Crippen molar-refractivity contribution in [2.45, 2.75) is 86.1 Å². The van der Waals surface area contributed by atoms with Crippen LogP contribution < -0.4 is 87.8 Å². The summed E-state index contributed by atoms with van der Waals surface area (Å²) < 4.78 is 20.4. The van der Waals surface area contributed by atoms with Gasteiger partial charge in [0.15, 0.2) is 0 Å². The average Bonchev–Trinajstić information content (AvgIpc) is 3.95. The smallest absolute Gasteiger partial charge is 0.399 e. The molecular weight excluding hydrogens is 930 g/mol. The van der Waals surface area contributed by atoms with Crippen LogP contribution in [0.25, 0.3) is 11.4 Å². The number of hydrogen-bond acceptors (Lipinski definition) is 8. The van der Waals surface area contributed by atoms with E-state index in [1.165, 1.54) is 22.7 Å². The maximum Gasteiger partial charge on any atom is 1.00 e. The predicted octanol–water partition coefficient (Wildman–Crippen LogP) is 6.25. The summed E-state index contributed by atoms with van der Waals surface area (Å²) in [6.07, 6.45) is 7.38. The Morgan fingerprint density at radius 3 is 1.03 bits per heavy atom. The number of anilines is 4. The van der Waals surface area contributed by atoms with Gasteiger partial charge in [-0.1, -0.05) is 35.5 Å². The van der Waals surface area contributed by atoms with E-state index in [9.17, 15) is 9.59 Å². The van der Waals surface area contributed by atoms with Crippen LogP contribution in [0.15, 0.2) is 136 Å². The molecule has 15 heteroatoms. The molecule has 12 nitrogen and oxygen atoms in total. The van der Waals surface area contributed by atoms with Crippen molar-refractivity contribution >= 4 is 51.3 Å². The molecule has 3 fully saturated rings. The molecule has 0 bridgehead atoms. The Balaban J connectivity index is 0.000000247. The number of piperazine rings is 2. The minimum atomic E-state index is -0.333. The topological polar surface area (TPSA) is 85.3 Å². The Morgan fingerprint density at radius 2 is 0.746 bits per heavy atom. The average molecular weight is 1000 g/mol. The Labute approximate surface area is 450 Å². The number of aromatic nitrogens is 4. The number of halogens is 1. The molecule has 6 aromatic rings. The third kappa shape index (κ3) is 12.0. The van der Waals surface area contributed by atoms with E-state index in [2.05, 4.69) is 136 Å². The normalized spacial score (nSPS) is 16.6. The molecule has 0 N–H and O–H groups in total. The standard InChI is InChI=1S/C28H37BN4O3.C22H25BrN4O.CH4.CH3.K/c1-21(2)32-19-20-33(26(32)34)25-13-11-24(12-14-25)31-17-15-30(16-18-31)23-9-7-22(8-10-23)29-35-27(3,4)28(5,6)36-29;1-17(2)26-15-16-27(22(26)28)21-9-7-20(8-10-21)25-13-11-24(12-14-25)19-5-3-18(23)4-6-19;;;/h7-14,19-21H,15-18H2,1-6H3;3-10,15-17H,11-14H2,1-2H3;1H4;1H3;/q;;;-1;+1. The zero-order valence-corrected chi connectivity index (χ0v) is 45.2. The van der Waals surface area contributed by atoms with E-state index in [1.807, 2.05) is 76.7 Å². The van der Waals surface area contributed by atoms with Crippen LogP contribution in [0.1, 0.15) is 74.9 Å². The number of rotatable bonds is 9. The van der Waals surface area contributed by atoms with Gasteiger partial charge in [-0.15, -0.1) is 0 Å². The first-order chi connectivity index (χ1) is 30.6. The molecule has 67 heavy (non-hydrogen) atoms. The van der Waals surface area contributed by atoms with Gasteiger partial charge in [-0.3, -0.25) is 18.3 Å². The van der Waals surface area contributed by atoms with Crippen LogP contribution in [0.5, 0.6) is 0 Å². The van der Waals surface area contributed by atoms with Gasteiger partial charge < -0.3 is 36.3 Å². The van der Waals surface area contributed by atoms with E-state index in [0.717, 1.165) is 73.7 Å². The number of imidazole rings is 2. The van der Waals surface area contributed by atoms with Gasteiger partial charge in [0, 0.05) is 116 Å². The fourth-order valence-electron chi connectivity index (χ4n) is 8.53. The summed E-state index contributed by atoms with van der Waals surface area (Å²) in [6.45, 7) is 24.2. The third-order valence-corrected chi connectivity index (χ3v) is 13.8. The van der Waals surface area contributed by atoms with Crippen molar-refractivity contribution in [3.63, 3.8) is 0 Å². The summed E-state index contributed by atoms with van der Waals surface area (Å²) in [7, 11) is -0.330. The minimum Gasteiger partial charge on any atom is -0.399 e. The molecule has 0 atom stereocenters. The second-order valence-electron chi connectivity index (χ2n) is 18.5. The molecule has 3 aliphatic rings. The van der Waals surface area contributed by atoms with E-state index in [0.29, 0.717) is 0 Å². The maximum absolute atomic E-state index is 12.6. The van der Waals surface area contributed by atoms with Gasteiger partial charge in [0.05, 0.1) is 22.6 Å². The zero-order valence-electron chi connectivity index (χ0n) is 40.5. The number of hydrogen-bond donors (Lipinski definition) is 0. The summed E-state index contributed by atoms with van der Waals surface area (Å²) >= 11 is 3.50. The molecule has 352 valence electrons. The molecule has 3 aliphatic heterocycles. The van der Waals surface area contributed by atoms with Gasteiger partial charge in [-0.25, -0.2) is 9.59 Å². The van der Waals surface area contributed by atoms with Gasteiger partial charge >= 0.3 is 69.9 Å². The first kappa shape index (κ1) is 54.1. The summed E-state index contributed by atoms with van der Waals surface area (Å²) in [5.41, 5.74) is 7.07. The maximum atomic E-state index is 12.6. The number of benzene rings is 4. The molecule has 3 saturated heterocycles. The monoisotopic (exact) mass is 998 g/mol. The molecule has 9 rings (SSSR count). The van der Waals surface area contributed by atoms with Gasteiger partial charge in [0.1, 0.15) is 0 Å². The SMILES string of the molecule is C.CC(C)n1ccn(-c2ccc(N3CCN(c4ccc(B5OC(C)(C)C(C)(C)O5)cc4)CC3)cc2)c1=O.CC(C)n1ccn(-c2ccc(N3CCN(c4ccc(Br)cc4)CC3)cc2)c1=O.[CH3-].[K+]. The van der Waals surface area contributed by atoms with E-state index >= 15 is 0 Å². The molecule has 2 aromatic heterocycles. The summed E-state index contributed by atoms with van der Waals surface area (Å²) in [5.74, 6) is 0. The van der Waals surface area contributed by atoms with Crippen LogP contribution in [-0.4, -0.2) is 88.9 Å². The van der Waals surface area contributed by atoms with Crippen LogP contribution in [0.3, 0.4) is 0 Å². The molecule has 0 radical (unpaired) electrons. The largest absolute Gasteiger partial charge is 1.00 e. The first-order valence-electron chi connectivity index (χ1n) is 22.6. The quantitative estimate of drug-likeness (QED) is 0.124. The summed E-state index contributed by atoms with van der Waals surface area (Å²) in [5, 5.41) is 0. The van der Waals surface area contributed by atoms with Gasteiger partial charge in [-0.2, -0.15) is 0 Å². The fraction of sp³-hybridized carbons (Fsp3) is 0.404. The van der Waals surface area contributed by atoms with Crippen molar-refractivity contribution in [1.82, 2.24) is 18.3 Å². The van der Waals surface area contributed by atoms with Crippen molar-refractivity contribution in [1.29, 1.82) is 0 Å². The van der Waals surface area contributed by atoms with Crippen LogP contribution in [0.4, 0.5) is 22.7 Å². The predicted molar refractivity (Wildman–Crippen MR) is 279 cm³/mol. The molecule has 4 aromatic carbocycles. The fourth-order valence-corrected chi connectivity index (χ4v) is 8.79. The second kappa shape index (κ2) is 22.7. The Hall–Kier alpha value is -3.80. The van der Waals surface area contributed by atoms with Crippen molar-refractivity contribution in [3.8, 4) is 11.4 Å². The third-order valence-electron chi connectivity index (χ3n) is 13.2. The molecule has 0 unspecified atom stereocenters. The number of nitrogens with zero attached hydrogens (tertiary/aromatic N) is 8. The van der Waals surface area contributed by atoms with Crippen LogP contribution >= 0.6 is 15.9 Å². The minimum absolute atomic E-state index is 0. The molecule has 5 heterocycles. The molecule has 0 saturated carbocycles. The van der Waals surface area contributed by atoms with Crippen molar-refractivity contribution in [2.24, 2.45) is 0 Å². The Morgan fingerprint density at radius 1 is 0.478 bits per heavy atom. The first-order valence-corrected chi connectivity index (χ1v) is 23.4. The Bertz CT molecular complexity index is 2590. The van der Waals surface area contributed by atoms with Crippen LogP contribution in [-0.2, 0) is 9.31 Å². The zero-order chi connectivity index (χ0) is 45.3. The molecule has 0 aliphatic carbocycles. The van der Waals surface area contributed by atoms with Gasteiger partial charge in [-0.05, 0) is 146 Å². The molecule has 0 spiro atoms. The van der Waals surface area contributed by atoms with Crippen molar-refractivity contribution in [2.75, 3.05) is 72.0 Å². The molecule has 0 amide bonds. The van der Waals surface area contributed by atoms with Crippen LogP contribution in [0.2, 0.25) is 0 Å². The Kier molecular flexibility index (Phi) is 18.4. The summed E-state index contributed by atoms with van der Waals surface area (Å²) in [4.78, 5) is 34.8. The van der Waals surface area contributed by atoms with E-state index in [1.54, 1.807) is 18.3 Å². The van der Waals surface area contributed by atoms with E-state index in [-0.39, 0.29) is 108 Å². The summed E-state index contributed by atoms with van der Waals surface area (Å²) in [6, 6.07) is 34.0. The van der Waals surface area contributed by atoms with Crippen LogP contribution in [0, 0.1) is 7.43 Å². The van der Waals surface area contributed by atoms with Gasteiger partial charge in [0.2, 0.25) is 0 Å². The second-order valence-corrected chi connectivity index (χ2v) is 19.5. The van der Waals surface area contributed by atoms with E-state index in [4.69, 9.17) is 9.31 Å². The van der Waals surface area contributed by atoms with Gasteiger partial charge in [0.25, 0.3) is 0 Å². The van der Waals surface area contributed by atoms with E-state index < -0.39 is 0 Å². The van der Waals surface area contributed by atoms with Crippen molar-refractivity contribution in [3.05, 3.63) is 155 Å².